The number of aliphatic hydroxyl groups excluding tert-OH is 1. The molecule has 4 heteroatoms. The Labute approximate surface area is 96.6 Å². The van der Waals surface area contributed by atoms with Crippen molar-refractivity contribution < 1.29 is 14.6 Å². The summed E-state index contributed by atoms with van der Waals surface area (Å²) in [6.07, 6.45) is 7.50. The Morgan fingerprint density at radius 1 is 1.19 bits per heavy atom. The number of rotatable bonds is 2. The summed E-state index contributed by atoms with van der Waals surface area (Å²) in [6.45, 7) is 0.693. The molecule has 1 atom stereocenters. The second kappa shape index (κ2) is 5.53. The predicted molar refractivity (Wildman–Crippen MR) is 60.2 cm³/mol. The Balaban J connectivity index is 1.91. The average molecular weight is 227 g/mol. The van der Waals surface area contributed by atoms with Gasteiger partial charge in [0.15, 0.2) is 0 Å². The van der Waals surface area contributed by atoms with Crippen molar-refractivity contribution in [1.82, 2.24) is 4.90 Å². The molecule has 4 nitrogen and oxygen atoms in total. The zero-order valence-electron chi connectivity index (χ0n) is 9.73. The number of amides is 1. The van der Waals surface area contributed by atoms with Crippen LogP contribution in [0, 0.1) is 0 Å². The Bertz CT molecular complexity index is 236. The van der Waals surface area contributed by atoms with Gasteiger partial charge in [-0.3, -0.25) is 0 Å². The van der Waals surface area contributed by atoms with Crippen molar-refractivity contribution in [2.24, 2.45) is 0 Å². The third kappa shape index (κ3) is 2.67. The highest BCUT2D eigenvalue weighted by molar-refractivity contribution is 5.69. The van der Waals surface area contributed by atoms with E-state index in [4.69, 9.17) is 9.84 Å². The van der Waals surface area contributed by atoms with Gasteiger partial charge in [-0.15, -0.1) is 0 Å². The minimum absolute atomic E-state index is 0.0513. The van der Waals surface area contributed by atoms with E-state index in [0.717, 1.165) is 25.8 Å². The van der Waals surface area contributed by atoms with Gasteiger partial charge in [0.1, 0.15) is 6.10 Å². The van der Waals surface area contributed by atoms with Crippen molar-refractivity contribution in [3.05, 3.63) is 0 Å². The minimum atomic E-state index is -0.283. The second-order valence-electron chi connectivity index (χ2n) is 4.82. The fourth-order valence-corrected chi connectivity index (χ4v) is 2.67. The first-order chi connectivity index (χ1) is 7.81. The fraction of sp³-hybridized carbons (Fsp3) is 0.917. The van der Waals surface area contributed by atoms with Gasteiger partial charge >= 0.3 is 6.09 Å². The molecular formula is C12H21NO3. The maximum atomic E-state index is 11.8. The molecular weight excluding hydrogens is 206 g/mol. The summed E-state index contributed by atoms with van der Waals surface area (Å²) in [6, 6.07) is 0.370. The SMILES string of the molecule is O=C1OC(CO)CCN1C1CCCCCC1. The minimum Gasteiger partial charge on any atom is -0.444 e. The lowest BCUT2D eigenvalue weighted by molar-refractivity contribution is -0.0134. The molecule has 92 valence electrons. The standard InChI is InChI=1S/C12H21NO3/c14-9-11-7-8-13(12(15)16-11)10-5-3-1-2-4-6-10/h10-11,14H,1-9H2. The van der Waals surface area contributed by atoms with Crippen LogP contribution in [-0.4, -0.2) is 41.4 Å². The lowest BCUT2D eigenvalue weighted by Crippen LogP contribution is -2.48. The van der Waals surface area contributed by atoms with Gasteiger partial charge in [-0.2, -0.15) is 0 Å². The van der Waals surface area contributed by atoms with E-state index in [-0.39, 0.29) is 18.8 Å². The fourth-order valence-electron chi connectivity index (χ4n) is 2.67. The molecule has 1 amide bonds. The molecule has 1 unspecified atom stereocenters. The van der Waals surface area contributed by atoms with Crippen molar-refractivity contribution in [2.45, 2.75) is 57.1 Å². The molecule has 2 rings (SSSR count). The van der Waals surface area contributed by atoms with Crippen molar-refractivity contribution in [2.75, 3.05) is 13.2 Å². The molecule has 2 fully saturated rings. The van der Waals surface area contributed by atoms with E-state index < -0.39 is 0 Å². The molecule has 1 aliphatic carbocycles. The molecule has 1 aliphatic heterocycles. The van der Waals surface area contributed by atoms with E-state index in [1.165, 1.54) is 25.7 Å². The lowest BCUT2D eigenvalue weighted by atomic mass is 10.1. The third-order valence-corrected chi connectivity index (χ3v) is 3.66. The highest BCUT2D eigenvalue weighted by Gasteiger charge is 2.31. The number of carbonyl (C=O) groups excluding carboxylic acids is 1. The molecule has 0 aromatic rings. The van der Waals surface area contributed by atoms with Crippen LogP contribution in [0.4, 0.5) is 4.79 Å². The van der Waals surface area contributed by atoms with E-state index >= 15 is 0 Å². The molecule has 1 saturated carbocycles. The topological polar surface area (TPSA) is 49.8 Å². The van der Waals surface area contributed by atoms with Gasteiger partial charge in [0.05, 0.1) is 6.61 Å². The van der Waals surface area contributed by atoms with E-state index in [0.29, 0.717) is 6.04 Å². The van der Waals surface area contributed by atoms with Gasteiger partial charge < -0.3 is 14.7 Å². The normalized spacial score (nSPS) is 28.7. The number of aliphatic hydroxyl groups is 1. The Morgan fingerprint density at radius 3 is 2.44 bits per heavy atom. The number of cyclic esters (lactones) is 1. The number of hydrogen-bond acceptors (Lipinski definition) is 3. The van der Waals surface area contributed by atoms with Crippen LogP contribution in [0.3, 0.4) is 0 Å². The van der Waals surface area contributed by atoms with Crippen LogP contribution in [0.2, 0.25) is 0 Å². The zero-order valence-corrected chi connectivity index (χ0v) is 9.73. The number of carbonyl (C=O) groups is 1. The molecule has 2 aliphatic rings. The molecule has 0 aromatic heterocycles. The van der Waals surface area contributed by atoms with E-state index in [1.807, 2.05) is 4.90 Å². The monoisotopic (exact) mass is 227 g/mol. The third-order valence-electron chi connectivity index (χ3n) is 3.66. The van der Waals surface area contributed by atoms with Crippen LogP contribution >= 0.6 is 0 Å². The number of ether oxygens (including phenoxy) is 1. The zero-order chi connectivity index (χ0) is 11.4. The van der Waals surface area contributed by atoms with Crippen molar-refractivity contribution in [3.63, 3.8) is 0 Å². The highest BCUT2D eigenvalue weighted by atomic mass is 16.6. The summed E-state index contributed by atoms with van der Waals surface area (Å²) in [5.74, 6) is 0. The van der Waals surface area contributed by atoms with Crippen molar-refractivity contribution in [3.8, 4) is 0 Å². The van der Waals surface area contributed by atoms with Crippen molar-refractivity contribution in [1.29, 1.82) is 0 Å². The smallest absolute Gasteiger partial charge is 0.410 e. The molecule has 1 saturated heterocycles. The van der Waals surface area contributed by atoms with Crippen LogP contribution in [0.25, 0.3) is 0 Å². The Hall–Kier alpha value is -0.770. The molecule has 0 aromatic carbocycles. The highest BCUT2D eigenvalue weighted by Crippen LogP contribution is 2.25. The molecule has 0 spiro atoms. The van der Waals surface area contributed by atoms with Crippen LogP contribution in [-0.2, 0) is 4.74 Å². The maximum absolute atomic E-state index is 11.8. The largest absolute Gasteiger partial charge is 0.444 e. The predicted octanol–water partition coefficient (Wildman–Crippen LogP) is 1.91. The Morgan fingerprint density at radius 2 is 1.88 bits per heavy atom. The number of hydrogen-bond donors (Lipinski definition) is 1. The second-order valence-corrected chi connectivity index (χ2v) is 4.82. The Kier molecular flexibility index (Phi) is 4.04. The van der Waals surface area contributed by atoms with Gasteiger partial charge in [0.25, 0.3) is 0 Å². The van der Waals surface area contributed by atoms with Gasteiger partial charge in [0.2, 0.25) is 0 Å². The molecule has 1 N–H and O–H groups in total. The maximum Gasteiger partial charge on any atom is 0.410 e. The van der Waals surface area contributed by atoms with E-state index in [1.54, 1.807) is 0 Å². The number of nitrogens with zero attached hydrogens (tertiary/aromatic N) is 1. The van der Waals surface area contributed by atoms with Crippen LogP contribution in [0.5, 0.6) is 0 Å². The summed E-state index contributed by atoms with van der Waals surface area (Å²) >= 11 is 0. The summed E-state index contributed by atoms with van der Waals surface area (Å²) < 4.78 is 5.18. The molecule has 0 bridgehead atoms. The lowest BCUT2D eigenvalue weighted by Gasteiger charge is -2.36. The summed E-state index contributed by atoms with van der Waals surface area (Å²) in [7, 11) is 0. The summed E-state index contributed by atoms with van der Waals surface area (Å²) in [4.78, 5) is 13.6. The summed E-state index contributed by atoms with van der Waals surface area (Å²) in [5, 5.41) is 8.95. The summed E-state index contributed by atoms with van der Waals surface area (Å²) in [5.41, 5.74) is 0. The molecule has 16 heavy (non-hydrogen) atoms. The van der Waals surface area contributed by atoms with E-state index in [9.17, 15) is 4.79 Å². The van der Waals surface area contributed by atoms with Gasteiger partial charge in [-0.1, -0.05) is 25.7 Å². The van der Waals surface area contributed by atoms with Crippen LogP contribution < -0.4 is 0 Å². The van der Waals surface area contributed by atoms with Crippen molar-refractivity contribution >= 4 is 6.09 Å². The van der Waals surface area contributed by atoms with Crippen LogP contribution in [0.15, 0.2) is 0 Å². The first-order valence-corrected chi connectivity index (χ1v) is 6.39. The van der Waals surface area contributed by atoms with Gasteiger partial charge in [-0.25, -0.2) is 4.79 Å². The van der Waals surface area contributed by atoms with Gasteiger partial charge in [-0.05, 0) is 12.8 Å². The van der Waals surface area contributed by atoms with Gasteiger partial charge in [0, 0.05) is 19.0 Å². The quantitative estimate of drug-likeness (QED) is 0.733. The molecule has 1 heterocycles. The average Bonchev–Trinajstić information content (AvgIpc) is 2.57. The first kappa shape index (κ1) is 11.7. The van der Waals surface area contributed by atoms with Crippen LogP contribution in [0.1, 0.15) is 44.9 Å². The first-order valence-electron chi connectivity index (χ1n) is 6.39. The molecule has 0 radical (unpaired) electrons. The van der Waals surface area contributed by atoms with E-state index in [2.05, 4.69) is 0 Å².